The maximum atomic E-state index is 10.5. The van der Waals surface area contributed by atoms with Crippen LogP contribution in [0.5, 0.6) is 0 Å². The molecule has 1 aliphatic rings. The van der Waals surface area contributed by atoms with E-state index in [-0.39, 0.29) is 0 Å². The van der Waals surface area contributed by atoms with E-state index < -0.39 is 37.1 Å². The number of rotatable bonds is 4. The zero-order chi connectivity index (χ0) is 22.3. The van der Waals surface area contributed by atoms with Gasteiger partial charge in [-0.15, -0.1) is 10.2 Å². The number of aliphatic hydroxyl groups is 4. The van der Waals surface area contributed by atoms with Crippen molar-refractivity contribution >= 4 is 0 Å². The van der Waals surface area contributed by atoms with E-state index in [1.54, 1.807) is 6.92 Å². The Morgan fingerprint density at radius 3 is 2.32 bits per heavy atom. The smallest absolute Gasteiger partial charge is 0.247 e. The van der Waals surface area contributed by atoms with Gasteiger partial charge in [-0.2, -0.15) is 0 Å². The first-order chi connectivity index (χ1) is 14.8. The lowest BCUT2D eigenvalue weighted by molar-refractivity contribution is -0.231. The number of nitrogens with zero attached hydrogens (tertiary/aromatic N) is 2. The molecular weight excluding hydrogens is 400 g/mol. The van der Waals surface area contributed by atoms with Crippen LogP contribution in [0, 0.1) is 20.8 Å². The van der Waals surface area contributed by atoms with E-state index in [1.807, 2.05) is 50.2 Å². The molecule has 0 aliphatic carbocycles. The summed E-state index contributed by atoms with van der Waals surface area (Å²) >= 11 is 0. The Kier molecular flexibility index (Phi) is 5.92. The molecule has 1 aromatic heterocycles. The van der Waals surface area contributed by atoms with Gasteiger partial charge >= 0.3 is 0 Å². The van der Waals surface area contributed by atoms with Crippen LogP contribution < -0.4 is 0 Å². The van der Waals surface area contributed by atoms with E-state index in [2.05, 4.69) is 10.2 Å². The second-order valence-corrected chi connectivity index (χ2v) is 7.93. The van der Waals surface area contributed by atoms with Gasteiger partial charge in [-0.1, -0.05) is 24.3 Å². The Hall–Kier alpha value is -2.62. The second-order valence-electron chi connectivity index (χ2n) is 7.93. The molecule has 0 amide bonds. The molecule has 3 aromatic rings. The molecular formula is C23H26N2O6. The monoisotopic (exact) mass is 426 g/mol. The molecule has 0 bridgehead atoms. The van der Waals surface area contributed by atoms with Gasteiger partial charge < -0.3 is 29.6 Å². The van der Waals surface area contributed by atoms with Crippen LogP contribution in [0.15, 0.2) is 40.8 Å². The first-order valence-electron chi connectivity index (χ1n) is 10.1. The van der Waals surface area contributed by atoms with Gasteiger partial charge in [-0.05, 0) is 53.8 Å². The number of aliphatic hydroxyl groups excluding tert-OH is 4. The van der Waals surface area contributed by atoms with Gasteiger partial charge in [0, 0.05) is 12.5 Å². The van der Waals surface area contributed by atoms with Crippen molar-refractivity contribution in [2.24, 2.45) is 0 Å². The Balaban J connectivity index is 1.71. The zero-order valence-electron chi connectivity index (χ0n) is 17.6. The summed E-state index contributed by atoms with van der Waals surface area (Å²) in [4.78, 5) is 0. The molecule has 8 nitrogen and oxygen atoms in total. The molecule has 4 rings (SSSR count). The molecule has 1 aliphatic heterocycles. The van der Waals surface area contributed by atoms with Gasteiger partial charge in [0.15, 0.2) is 0 Å². The zero-order valence-corrected chi connectivity index (χ0v) is 17.6. The maximum absolute atomic E-state index is 10.5. The number of hydrogen-bond donors (Lipinski definition) is 4. The fourth-order valence-corrected chi connectivity index (χ4v) is 4.12. The highest BCUT2D eigenvalue weighted by atomic mass is 16.5. The summed E-state index contributed by atoms with van der Waals surface area (Å²) in [6.45, 7) is 5.18. The van der Waals surface area contributed by atoms with E-state index in [0.29, 0.717) is 17.3 Å². The Morgan fingerprint density at radius 1 is 0.903 bits per heavy atom. The average Bonchev–Trinajstić information content (AvgIpc) is 3.19. The van der Waals surface area contributed by atoms with Crippen molar-refractivity contribution < 1.29 is 29.6 Å². The van der Waals surface area contributed by atoms with Crippen LogP contribution in [-0.4, -0.2) is 61.6 Å². The van der Waals surface area contributed by atoms with E-state index in [4.69, 9.17) is 9.15 Å². The van der Waals surface area contributed by atoms with Crippen LogP contribution in [0.1, 0.15) is 28.7 Å². The van der Waals surface area contributed by atoms with E-state index in [9.17, 15) is 20.4 Å². The van der Waals surface area contributed by atoms with E-state index >= 15 is 0 Å². The fourth-order valence-electron chi connectivity index (χ4n) is 4.12. The van der Waals surface area contributed by atoms with Crippen molar-refractivity contribution in [3.8, 4) is 22.6 Å². The van der Waals surface area contributed by atoms with Gasteiger partial charge in [0.05, 0.1) is 6.61 Å². The maximum Gasteiger partial charge on any atom is 0.247 e. The highest BCUT2D eigenvalue weighted by molar-refractivity contribution is 5.74. The molecule has 0 unspecified atom stereocenters. The lowest BCUT2D eigenvalue weighted by atomic mass is 9.86. The number of benzene rings is 2. The molecule has 1 fully saturated rings. The molecule has 2 aromatic carbocycles. The summed E-state index contributed by atoms with van der Waals surface area (Å²) in [6, 6.07) is 11.5. The molecule has 1 saturated heterocycles. The van der Waals surface area contributed by atoms with Crippen molar-refractivity contribution in [2.45, 2.75) is 51.3 Å². The topological polar surface area (TPSA) is 129 Å². The Morgan fingerprint density at radius 2 is 1.68 bits per heavy atom. The van der Waals surface area contributed by atoms with Crippen LogP contribution in [-0.2, 0) is 4.74 Å². The summed E-state index contributed by atoms with van der Waals surface area (Å²) in [5, 5.41) is 48.2. The van der Waals surface area contributed by atoms with Crippen molar-refractivity contribution in [1.82, 2.24) is 10.2 Å². The predicted octanol–water partition coefficient (Wildman–Crippen LogP) is 1.84. The van der Waals surface area contributed by atoms with Crippen LogP contribution in [0.3, 0.4) is 0 Å². The Bertz CT molecular complexity index is 1080. The largest absolute Gasteiger partial charge is 0.421 e. The molecule has 5 atom stereocenters. The fraction of sp³-hybridized carbons (Fsp3) is 0.391. The second kappa shape index (κ2) is 8.49. The third-order valence-electron chi connectivity index (χ3n) is 5.86. The molecule has 0 saturated carbocycles. The van der Waals surface area contributed by atoms with Gasteiger partial charge in [0.25, 0.3) is 0 Å². The molecule has 31 heavy (non-hydrogen) atoms. The summed E-state index contributed by atoms with van der Waals surface area (Å²) in [6.07, 6.45) is -5.96. The number of hydrogen-bond acceptors (Lipinski definition) is 8. The van der Waals surface area contributed by atoms with Crippen LogP contribution in [0.25, 0.3) is 22.6 Å². The van der Waals surface area contributed by atoms with Gasteiger partial charge in [0.2, 0.25) is 11.8 Å². The van der Waals surface area contributed by atoms with Gasteiger partial charge in [-0.3, -0.25) is 0 Å². The van der Waals surface area contributed by atoms with Crippen LogP contribution in [0.4, 0.5) is 0 Å². The van der Waals surface area contributed by atoms with Crippen molar-refractivity contribution in [1.29, 1.82) is 0 Å². The minimum absolute atomic E-state index is 0.457. The predicted molar refractivity (Wildman–Crippen MR) is 112 cm³/mol. The standard InChI is InChI=1S/C23H26N2O6/c1-11-9-14(23-25-24-13(3)30-23)7-8-15(11)16-5-4-6-17(12(16)2)22-21(29)20(28)19(27)18(10-26)31-22/h4-9,18-22,26-29H,10H2,1-3H3/t18-,19-,20+,21+,22-/m1/s1. The quantitative estimate of drug-likeness (QED) is 0.497. The SMILES string of the molecule is Cc1nnc(-c2ccc(-c3cccc([C@H]4O[C@H](CO)[C@@H](O)[C@H](O)[C@@H]4O)c3C)c(C)c2)o1. The lowest BCUT2D eigenvalue weighted by Crippen LogP contribution is -2.55. The van der Waals surface area contributed by atoms with Crippen molar-refractivity contribution in [2.75, 3.05) is 6.61 Å². The van der Waals surface area contributed by atoms with Crippen LogP contribution in [0.2, 0.25) is 0 Å². The third-order valence-corrected chi connectivity index (χ3v) is 5.86. The highest BCUT2D eigenvalue weighted by Crippen LogP contribution is 2.38. The number of aromatic nitrogens is 2. The summed E-state index contributed by atoms with van der Waals surface area (Å²) in [5.41, 5.74) is 5.32. The summed E-state index contributed by atoms with van der Waals surface area (Å²) < 4.78 is 11.3. The molecule has 2 heterocycles. The normalized spacial score (nSPS) is 26.2. The minimum atomic E-state index is -1.42. The highest BCUT2D eigenvalue weighted by Gasteiger charge is 2.44. The Labute approximate surface area is 179 Å². The first-order valence-corrected chi connectivity index (χ1v) is 10.1. The minimum Gasteiger partial charge on any atom is -0.421 e. The molecule has 4 N–H and O–H groups in total. The van der Waals surface area contributed by atoms with Gasteiger partial charge in [-0.25, -0.2) is 0 Å². The number of aryl methyl sites for hydroxylation is 2. The van der Waals surface area contributed by atoms with Crippen molar-refractivity contribution in [3.05, 3.63) is 59.0 Å². The number of ether oxygens (including phenoxy) is 1. The van der Waals surface area contributed by atoms with Gasteiger partial charge in [0.1, 0.15) is 30.5 Å². The summed E-state index contributed by atoms with van der Waals surface area (Å²) in [7, 11) is 0. The molecule has 8 heteroatoms. The van der Waals surface area contributed by atoms with E-state index in [0.717, 1.165) is 27.8 Å². The lowest BCUT2D eigenvalue weighted by Gasteiger charge is -2.40. The first kappa shape index (κ1) is 21.6. The molecule has 0 spiro atoms. The van der Waals surface area contributed by atoms with E-state index in [1.165, 1.54) is 0 Å². The van der Waals surface area contributed by atoms with Crippen LogP contribution >= 0.6 is 0 Å². The molecule has 164 valence electrons. The third kappa shape index (κ3) is 3.88. The molecule has 0 radical (unpaired) electrons. The van der Waals surface area contributed by atoms with Crippen molar-refractivity contribution in [3.63, 3.8) is 0 Å². The average molecular weight is 426 g/mol. The summed E-state index contributed by atoms with van der Waals surface area (Å²) in [5.74, 6) is 0.957.